The summed E-state index contributed by atoms with van der Waals surface area (Å²) in [6, 6.07) is 20.8. The first kappa shape index (κ1) is 23.0. The molecule has 0 spiro atoms. The molecule has 33 heavy (non-hydrogen) atoms. The van der Waals surface area contributed by atoms with Crippen LogP contribution in [0.1, 0.15) is 60.6 Å². The summed E-state index contributed by atoms with van der Waals surface area (Å²) >= 11 is 0. The van der Waals surface area contributed by atoms with Gasteiger partial charge in [0.1, 0.15) is 5.75 Å². The van der Waals surface area contributed by atoms with Gasteiger partial charge >= 0.3 is 0 Å². The predicted octanol–water partition coefficient (Wildman–Crippen LogP) is 5.85. The smallest absolute Gasteiger partial charge is 0.266 e. The van der Waals surface area contributed by atoms with E-state index >= 15 is 0 Å². The van der Waals surface area contributed by atoms with Crippen molar-refractivity contribution in [1.82, 2.24) is 9.88 Å². The molecule has 1 atom stereocenters. The van der Waals surface area contributed by atoms with Crippen molar-refractivity contribution in [3.63, 3.8) is 0 Å². The van der Waals surface area contributed by atoms with Gasteiger partial charge in [-0.05, 0) is 81.8 Å². The van der Waals surface area contributed by atoms with Gasteiger partial charge in [-0.25, -0.2) is 0 Å². The van der Waals surface area contributed by atoms with Gasteiger partial charge in [-0.3, -0.25) is 9.78 Å². The lowest BCUT2D eigenvalue weighted by Gasteiger charge is -2.37. The molecule has 0 radical (unpaired) electrons. The van der Waals surface area contributed by atoms with Gasteiger partial charge < -0.3 is 9.64 Å². The highest BCUT2D eigenvalue weighted by Gasteiger charge is 2.37. The molecule has 1 aromatic heterocycles. The standard InChI is InChI=1S/C29H34N2O2/c1-21-8-5-10-23(16-21)18-24-13-14-27(30-19-24)25-11-7-15-31(20-25)28(32)29(3,4)33-26-12-6-9-22(2)17-26/h5-6,8-10,12-14,16-17,19,25H,7,11,15,18,20H2,1-4H3/t25-/m0/s1. The highest BCUT2D eigenvalue weighted by atomic mass is 16.5. The van der Waals surface area contributed by atoms with E-state index in [4.69, 9.17) is 9.72 Å². The summed E-state index contributed by atoms with van der Waals surface area (Å²) in [6.07, 6.45) is 4.90. The van der Waals surface area contributed by atoms with Crippen LogP contribution in [0.3, 0.4) is 0 Å². The number of rotatable bonds is 6. The zero-order valence-electron chi connectivity index (χ0n) is 20.2. The minimum absolute atomic E-state index is 0.0322. The Morgan fingerprint density at radius 3 is 2.48 bits per heavy atom. The Labute approximate surface area is 197 Å². The van der Waals surface area contributed by atoms with Crippen LogP contribution in [-0.4, -0.2) is 34.5 Å². The number of likely N-dealkylation sites (tertiary alicyclic amines) is 1. The van der Waals surface area contributed by atoms with Crippen LogP contribution in [0.2, 0.25) is 0 Å². The van der Waals surface area contributed by atoms with Crippen LogP contribution in [0.5, 0.6) is 5.75 Å². The molecule has 0 aliphatic carbocycles. The van der Waals surface area contributed by atoms with E-state index in [0.717, 1.165) is 42.8 Å². The van der Waals surface area contributed by atoms with Gasteiger partial charge in [-0.2, -0.15) is 0 Å². The number of aromatic nitrogens is 1. The summed E-state index contributed by atoms with van der Waals surface area (Å²) < 4.78 is 6.11. The molecule has 0 N–H and O–H groups in total. The zero-order chi connectivity index (χ0) is 23.4. The van der Waals surface area contributed by atoms with Crippen molar-refractivity contribution in [2.24, 2.45) is 0 Å². The maximum absolute atomic E-state index is 13.4. The molecule has 0 unspecified atom stereocenters. The van der Waals surface area contributed by atoms with Crippen LogP contribution in [0.15, 0.2) is 66.9 Å². The fourth-order valence-electron chi connectivity index (χ4n) is 4.64. The molecule has 1 amide bonds. The maximum atomic E-state index is 13.4. The van der Waals surface area contributed by atoms with Gasteiger partial charge in [0, 0.05) is 30.9 Å². The summed E-state index contributed by atoms with van der Waals surface area (Å²) in [5.74, 6) is 1.02. The van der Waals surface area contributed by atoms with Crippen molar-refractivity contribution in [2.45, 2.75) is 58.5 Å². The molecule has 0 saturated carbocycles. The summed E-state index contributed by atoms with van der Waals surface area (Å²) in [4.78, 5) is 20.1. The normalized spacial score (nSPS) is 16.5. The van der Waals surface area contributed by atoms with Crippen molar-refractivity contribution in [2.75, 3.05) is 13.1 Å². The number of nitrogens with zero attached hydrogens (tertiary/aromatic N) is 2. The average Bonchev–Trinajstić information content (AvgIpc) is 2.79. The van der Waals surface area contributed by atoms with Crippen LogP contribution in [-0.2, 0) is 11.2 Å². The molecular formula is C29H34N2O2. The van der Waals surface area contributed by atoms with Gasteiger partial charge in [0.15, 0.2) is 5.60 Å². The van der Waals surface area contributed by atoms with E-state index in [9.17, 15) is 4.79 Å². The second-order valence-electron chi connectivity index (χ2n) is 9.78. The van der Waals surface area contributed by atoms with E-state index < -0.39 is 5.60 Å². The molecule has 2 aromatic carbocycles. The number of pyridine rings is 1. The van der Waals surface area contributed by atoms with E-state index in [-0.39, 0.29) is 11.8 Å². The monoisotopic (exact) mass is 442 g/mol. The maximum Gasteiger partial charge on any atom is 0.266 e. The molecule has 1 saturated heterocycles. The highest BCUT2D eigenvalue weighted by molar-refractivity contribution is 5.85. The minimum atomic E-state index is -0.916. The third kappa shape index (κ3) is 5.81. The first-order valence-corrected chi connectivity index (χ1v) is 11.9. The average molecular weight is 443 g/mol. The van der Waals surface area contributed by atoms with Crippen molar-refractivity contribution in [3.8, 4) is 5.75 Å². The molecule has 4 rings (SSSR count). The predicted molar refractivity (Wildman–Crippen MR) is 133 cm³/mol. The van der Waals surface area contributed by atoms with Crippen LogP contribution < -0.4 is 4.74 Å². The third-order valence-electron chi connectivity index (χ3n) is 6.34. The lowest BCUT2D eigenvalue weighted by atomic mass is 9.92. The number of hydrogen-bond acceptors (Lipinski definition) is 3. The van der Waals surface area contributed by atoms with Gasteiger partial charge in [-0.15, -0.1) is 0 Å². The molecule has 1 aliphatic heterocycles. The van der Waals surface area contributed by atoms with E-state index in [0.29, 0.717) is 6.54 Å². The van der Waals surface area contributed by atoms with E-state index in [1.807, 2.05) is 56.1 Å². The van der Waals surface area contributed by atoms with Gasteiger partial charge in [0.2, 0.25) is 0 Å². The molecule has 1 fully saturated rings. The fraction of sp³-hybridized carbons (Fsp3) is 0.379. The number of aryl methyl sites for hydroxylation is 2. The van der Waals surface area contributed by atoms with E-state index in [1.54, 1.807) is 0 Å². The van der Waals surface area contributed by atoms with E-state index in [2.05, 4.69) is 43.3 Å². The summed E-state index contributed by atoms with van der Waals surface area (Å²) in [6.45, 7) is 9.31. The quantitative estimate of drug-likeness (QED) is 0.481. The largest absolute Gasteiger partial charge is 0.478 e. The topological polar surface area (TPSA) is 42.4 Å². The fourth-order valence-corrected chi connectivity index (χ4v) is 4.64. The summed E-state index contributed by atoms with van der Waals surface area (Å²) in [7, 11) is 0. The van der Waals surface area contributed by atoms with Crippen LogP contribution in [0.4, 0.5) is 0 Å². The SMILES string of the molecule is Cc1cccc(Cc2ccc([C@H]3CCCN(C(=O)C(C)(C)Oc4cccc(C)c4)C3)nc2)c1. The molecule has 2 heterocycles. The number of piperidine rings is 1. The molecule has 4 heteroatoms. The number of hydrogen-bond donors (Lipinski definition) is 0. The Morgan fingerprint density at radius 2 is 1.79 bits per heavy atom. The highest BCUT2D eigenvalue weighted by Crippen LogP contribution is 2.29. The third-order valence-corrected chi connectivity index (χ3v) is 6.34. The first-order valence-electron chi connectivity index (χ1n) is 11.9. The van der Waals surface area contributed by atoms with Crippen molar-refractivity contribution >= 4 is 5.91 Å². The van der Waals surface area contributed by atoms with Crippen LogP contribution >= 0.6 is 0 Å². The lowest BCUT2D eigenvalue weighted by molar-refractivity contribution is -0.146. The van der Waals surface area contributed by atoms with Crippen LogP contribution in [0.25, 0.3) is 0 Å². The summed E-state index contributed by atoms with van der Waals surface area (Å²) in [5, 5.41) is 0. The van der Waals surface area contributed by atoms with Crippen molar-refractivity contribution in [1.29, 1.82) is 0 Å². The zero-order valence-corrected chi connectivity index (χ0v) is 20.2. The van der Waals surface area contributed by atoms with Crippen molar-refractivity contribution < 1.29 is 9.53 Å². The molecule has 172 valence electrons. The van der Waals surface area contributed by atoms with E-state index in [1.165, 1.54) is 16.7 Å². The number of carbonyl (C=O) groups is 1. The second kappa shape index (κ2) is 9.78. The number of ether oxygens (including phenoxy) is 1. The molecule has 1 aliphatic rings. The van der Waals surface area contributed by atoms with Crippen molar-refractivity contribution in [3.05, 3.63) is 94.8 Å². The number of carbonyl (C=O) groups excluding carboxylic acids is 1. The molecular weight excluding hydrogens is 408 g/mol. The first-order chi connectivity index (χ1) is 15.8. The number of benzene rings is 2. The minimum Gasteiger partial charge on any atom is -0.478 e. The Hall–Kier alpha value is -3.14. The number of amides is 1. The van der Waals surface area contributed by atoms with Gasteiger partial charge in [0.05, 0.1) is 0 Å². The second-order valence-corrected chi connectivity index (χ2v) is 9.78. The lowest BCUT2D eigenvalue weighted by Crippen LogP contribution is -2.51. The molecule has 0 bridgehead atoms. The Balaban J connectivity index is 1.40. The Bertz CT molecular complexity index is 1100. The summed E-state index contributed by atoms with van der Waals surface area (Å²) in [5.41, 5.74) is 5.05. The Kier molecular flexibility index (Phi) is 6.83. The van der Waals surface area contributed by atoms with Gasteiger partial charge in [0.25, 0.3) is 5.91 Å². The Morgan fingerprint density at radius 1 is 1.03 bits per heavy atom. The van der Waals surface area contributed by atoms with Gasteiger partial charge in [-0.1, -0.05) is 48.0 Å². The van der Waals surface area contributed by atoms with Crippen LogP contribution in [0, 0.1) is 13.8 Å². The molecule has 4 nitrogen and oxygen atoms in total. The molecule has 3 aromatic rings.